The molecule has 4 fully saturated rings. The Bertz CT molecular complexity index is 1910. The number of carbonyl (C=O) groups is 5. The van der Waals surface area contributed by atoms with Crippen LogP contribution in [0.15, 0.2) is 47.6 Å². The number of aliphatic hydroxyl groups is 3. The van der Waals surface area contributed by atoms with E-state index in [-0.39, 0.29) is 73.9 Å². The smallest absolute Gasteiger partial charge is 0.329 e. The van der Waals surface area contributed by atoms with E-state index >= 15 is 0 Å². The van der Waals surface area contributed by atoms with E-state index in [2.05, 4.69) is 0 Å². The molecule has 0 spiro atoms. The average Bonchev–Trinajstić information content (AvgIpc) is 3.33. The van der Waals surface area contributed by atoms with Crippen molar-refractivity contribution in [3.8, 4) is 0 Å². The Hall–Kier alpha value is -3.45. The van der Waals surface area contributed by atoms with Gasteiger partial charge in [-0.3, -0.25) is 19.2 Å². The molecule has 3 N–H and O–H groups in total. The predicted octanol–water partition coefficient (Wildman–Crippen LogP) is 5.97. The number of ketones is 3. The highest BCUT2D eigenvalue weighted by atomic mass is 16.6. The zero-order valence-electron chi connectivity index (χ0n) is 43.8. The number of hydrogen-bond donors (Lipinski definition) is 3. The molecule has 1 saturated carbocycles. The molecule has 4 heterocycles. The summed E-state index contributed by atoms with van der Waals surface area (Å²) in [6.07, 6.45) is 10.8. The largest absolute Gasteiger partial charge is 0.460 e. The second-order valence-electron chi connectivity index (χ2n) is 21.3. The van der Waals surface area contributed by atoms with Gasteiger partial charge >= 0.3 is 5.97 Å². The molecular weight excluding hydrogens is 915 g/mol. The second kappa shape index (κ2) is 27.7. The maximum Gasteiger partial charge on any atom is 0.329 e. The number of methoxy groups -OCH3 is 2. The van der Waals surface area contributed by atoms with Crippen molar-refractivity contribution >= 4 is 29.2 Å². The standard InChI is InChI=1S/C55H85NO15/c1-33-15-11-10-12-16-34(2)46(69-24-23-68-42-31-67-32-42)29-41-20-18-39(7)55(64,71-41)52(61)53(62)56-22-14-13-17-43(56)54(63)70-47(36(4)27-40-19-21-44(57)48(28-40)65-8)30-45(58)35(3)26-38(6)50(60)51(66-9)49(59)37(5)25-33/h10-12,15-16,26,33,35-37,39-44,46-48,50-51,57,60,64H,13-14,17-25,27-32H2,1-9H3/b12-10+,15-11+,34-16+,38-26+/t33-,35-,36-,37-,39-,40+,41+,43+,44-,46-,47+,48-,50-,51+,55-/m1/s1. The van der Waals surface area contributed by atoms with Crippen LogP contribution in [0.1, 0.15) is 126 Å². The zero-order valence-corrected chi connectivity index (χ0v) is 43.8. The van der Waals surface area contributed by atoms with Gasteiger partial charge in [-0.1, -0.05) is 71.1 Å². The maximum absolute atomic E-state index is 14.5. The van der Waals surface area contributed by atoms with Crippen LogP contribution in [0.3, 0.4) is 0 Å². The highest BCUT2D eigenvalue weighted by molar-refractivity contribution is 6.39. The van der Waals surface area contributed by atoms with Gasteiger partial charge in [0, 0.05) is 51.4 Å². The molecule has 1 amide bonds. The first-order valence-corrected chi connectivity index (χ1v) is 26.2. The number of piperidine rings is 1. The highest BCUT2D eigenvalue weighted by Crippen LogP contribution is 2.38. The normalized spacial score (nSPS) is 39.2. The summed E-state index contributed by atoms with van der Waals surface area (Å²) in [4.78, 5) is 72.5. The number of allylic oxidation sites excluding steroid dienone is 6. The molecule has 5 rings (SSSR count). The van der Waals surface area contributed by atoms with E-state index in [1.165, 1.54) is 12.0 Å². The molecule has 3 saturated heterocycles. The van der Waals surface area contributed by atoms with Crippen LogP contribution in [0.2, 0.25) is 0 Å². The minimum Gasteiger partial charge on any atom is -0.460 e. The lowest BCUT2D eigenvalue weighted by atomic mass is 9.78. The Morgan fingerprint density at radius 1 is 0.845 bits per heavy atom. The number of carbonyl (C=O) groups excluding carboxylic acids is 5. The van der Waals surface area contributed by atoms with E-state index in [0.29, 0.717) is 83.2 Å². The SMILES string of the molecule is CO[C@@H]1C[C@H](C[C@@H](C)[C@@H]2CC(=O)[C@H](C)/C=C(\C)[C@@H](O)[C@@H](OC)C(=O)[C@H](C)C[C@H](C)/C=C/C=C/C=C(\C)[C@H](OCCOC3COC3)C[C@@H]3CC[C@@H](C)[C@@](O)(O3)C(=O)C(=O)N3CCCC[C@H]3C(=O)O2)CC[C@H]1O. The molecule has 0 aromatic heterocycles. The molecule has 0 unspecified atom stereocenters. The summed E-state index contributed by atoms with van der Waals surface area (Å²) in [5.74, 6) is -8.15. The molecule has 15 atom stereocenters. The van der Waals surface area contributed by atoms with E-state index in [1.54, 1.807) is 34.0 Å². The molecule has 16 heteroatoms. The third kappa shape index (κ3) is 16.0. The number of aliphatic hydroxyl groups excluding tert-OH is 2. The van der Waals surface area contributed by atoms with E-state index in [1.807, 2.05) is 58.1 Å². The molecular formula is C55H85NO15. The first-order valence-electron chi connectivity index (χ1n) is 26.2. The van der Waals surface area contributed by atoms with Crippen LogP contribution in [0, 0.1) is 35.5 Å². The number of fused-ring (bicyclic) bond motifs is 3. The minimum absolute atomic E-state index is 0.00344. The Kier molecular flexibility index (Phi) is 22.8. The lowest BCUT2D eigenvalue weighted by Gasteiger charge is -2.43. The molecule has 16 nitrogen and oxygen atoms in total. The van der Waals surface area contributed by atoms with Gasteiger partial charge < -0.3 is 53.4 Å². The van der Waals surface area contributed by atoms with Crippen LogP contribution in [0.5, 0.6) is 0 Å². The van der Waals surface area contributed by atoms with Gasteiger partial charge in [0.15, 0.2) is 5.78 Å². The number of esters is 1. The predicted molar refractivity (Wildman–Crippen MR) is 265 cm³/mol. The van der Waals surface area contributed by atoms with Crippen LogP contribution >= 0.6 is 0 Å². The van der Waals surface area contributed by atoms with Crippen molar-refractivity contribution in [2.24, 2.45) is 35.5 Å². The molecule has 4 aliphatic heterocycles. The topological polar surface area (TPSA) is 214 Å². The number of Topliss-reactive ketones (excluding diaryl/α,β-unsaturated/α-hetero) is 3. The first-order chi connectivity index (χ1) is 33.8. The summed E-state index contributed by atoms with van der Waals surface area (Å²) in [6, 6.07) is -1.16. The zero-order chi connectivity index (χ0) is 52.0. The van der Waals surface area contributed by atoms with E-state index in [9.17, 15) is 39.3 Å². The van der Waals surface area contributed by atoms with Crippen LogP contribution in [-0.2, 0) is 57.1 Å². The van der Waals surface area contributed by atoms with Crippen LogP contribution in [0.4, 0.5) is 0 Å². The van der Waals surface area contributed by atoms with Gasteiger partial charge in [-0.05, 0) is 107 Å². The van der Waals surface area contributed by atoms with E-state index in [0.717, 1.165) is 5.57 Å². The average molecular weight is 1000 g/mol. The summed E-state index contributed by atoms with van der Waals surface area (Å²) < 4.78 is 41.2. The van der Waals surface area contributed by atoms with Crippen molar-refractivity contribution in [2.75, 3.05) is 47.2 Å². The third-order valence-corrected chi connectivity index (χ3v) is 15.6. The molecule has 2 bridgehead atoms. The van der Waals surface area contributed by atoms with Gasteiger partial charge in [0.2, 0.25) is 5.79 Å². The summed E-state index contributed by atoms with van der Waals surface area (Å²) in [5.41, 5.74) is 1.24. The van der Waals surface area contributed by atoms with E-state index < -0.39 is 83.9 Å². The number of nitrogens with zero attached hydrogens (tertiary/aromatic N) is 1. The monoisotopic (exact) mass is 1000 g/mol. The molecule has 1 aliphatic carbocycles. The third-order valence-electron chi connectivity index (χ3n) is 15.6. The second-order valence-corrected chi connectivity index (χ2v) is 21.3. The first kappa shape index (κ1) is 58.4. The number of cyclic esters (lactones) is 1. The van der Waals surface area contributed by atoms with Gasteiger partial charge in [-0.2, -0.15) is 0 Å². The number of rotatable bonds is 10. The van der Waals surface area contributed by atoms with Gasteiger partial charge in [0.1, 0.15) is 36.2 Å². The summed E-state index contributed by atoms with van der Waals surface area (Å²) in [6.45, 7) is 14.4. The lowest BCUT2D eigenvalue weighted by Crippen LogP contribution is -2.61. The molecule has 0 aromatic carbocycles. The fourth-order valence-corrected chi connectivity index (χ4v) is 10.7. The van der Waals surface area contributed by atoms with Gasteiger partial charge in [0.05, 0.1) is 50.8 Å². The Labute approximate surface area is 421 Å². The lowest BCUT2D eigenvalue weighted by molar-refractivity contribution is -0.266. The van der Waals surface area contributed by atoms with Crippen molar-refractivity contribution in [1.82, 2.24) is 4.90 Å². The highest BCUT2D eigenvalue weighted by Gasteiger charge is 2.53. The molecule has 5 aliphatic rings. The Morgan fingerprint density at radius 3 is 2.27 bits per heavy atom. The summed E-state index contributed by atoms with van der Waals surface area (Å²) in [7, 11) is 2.94. The van der Waals surface area contributed by atoms with Crippen LogP contribution in [0.25, 0.3) is 0 Å². The molecule has 0 aromatic rings. The fraction of sp³-hybridized carbons (Fsp3) is 0.764. The fourth-order valence-electron chi connectivity index (χ4n) is 10.7. The quantitative estimate of drug-likeness (QED) is 0.0996. The maximum atomic E-state index is 14.5. The summed E-state index contributed by atoms with van der Waals surface area (Å²) in [5, 5.41) is 34.2. The van der Waals surface area contributed by atoms with Crippen LogP contribution in [-0.4, -0.2) is 157 Å². The van der Waals surface area contributed by atoms with E-state index in [4.69, 9.17) is 33.2 Å². The number of ether oxygens (including phenoxy) is 7. The number of amides is 1. The van der Waals surface area contributed by atoms with Gasteiger partial charge in [0.25, 0.3) is 11.7 Å². The van der Waals surface area contributed by atoms with Gasteiger partial charge in [-0.25, -0.2) is 4.79 Å². The number of hydrogen-bond acceptors (Lipinski definition) is 15. The van der Waals surface area contributed by atoms with Crippen molar-refractivity contribution in [2.45, 2.75) is 186 Å². The molecule has 71 heavy (non-hydrogen) atoms. The molecule has 400 valence electrons. The molecule has 0 radical (unpaired) electrons. The Morgan fingerprint density at radius 2 is 1.58 bits per heavy atom. The van der Waals surface area contributed by atoms with Crippen molar-refractivity contribution in [1.29, 1.82) is 0 Å². The van der Waals surface area contributed by atoms with Crippen molar-refractivity contribution in [3.05, 3.63) is 47.6 Å². The van der Waals surface area contributed by atoms with Crippen LogP contribution < -0.4 is 0 Å². The van der Waals surface area contributed by atoms with Crippen molar-refractivity contribution < 1.29 is 72.5 Å². The van der Waals surface area contributed by atoms with Gasteiger partial charge in [-0.15, -0.1) is 0 Å². The summed E-state index contributed by atoms with van der Waals surface area (Å²) >= 11 is 0. The Balaban J connectivity index is 1.46. The van der Waals surface area contributed by atoms with Crippen molar-refractivity contribution in [3.63, 3.8) is 0 Å². The minimum atomic E-state index is -2.47.